The van der Waals surface area contributed by atoms with Crippen LogP contribution in [0.15, 0.2) is 35.5 Å². The zero-order chi connectivity index (χ0) is 20.2. The fourth-order valence-electron chi connectivity index (χ4n) is 3.80. The van der Waals surface area contributed by atoms with E-state index in [1.54, 1.807) is 24.2 Å². The summed E-state index contributed by atoms with van der Waals surface area (Å²) in [6.07, 6.45) is 6.65. The Bertz CT molecular complexity index is 877. The summed E-state index contributed by atoms with van der Waals surface area (Å²) >= 11 is 1.79. The minimum Gasteiger partial charge on any atom is -0.354 e. The zero-order valence-electron chi connectivity index (χ0n) is 17.1. The number of thioether (sulfide) groups is 1. The van der Waals surface area contributed by atoms with Crippen molar-refractivity contribution in [2.24, 2.45) is 0 Å². The molecule has 29 heavy (non-hydrogen) atoms. The van der Waals surface area contributed by atoms with E-state index in [1.165, 1.54) is 11.0 Å². The minimum atomic E-state index is -0.266. The van der Waals surface area contributed by atoms with Gasteiger partial charge < -0.3 is 10.2 Å². The molecule has 2 aromatic rings. The molecule has 1 aromatic heterocycles. The van der Waals surface area contributed by atoms with Crippen molar-refractivity contribution >= 4 is 23.7 Å². The van der Waals surface area contributed by atoms with Crippen LogP contribution in [-0.4, -0.2) is 59.5 Å². The summed E-state index contributed by atoms with van der Waals surface area (Å²) in [7, 11) is 0. The van der Waals surface area contributed by atoms with Gasteiger partial charge in [0.15, 0.2) is 0 Å². The Kier molecular flexibility index (Phi) is 6.47. The van der Waals surface area contributed by atoms with E-state index >= 15 is 0 Å². The first kappa shape index (κ1) is 20.3. The maximum Gasteiger partial charge on any atom is 0.147 e. The number of anilines is 1. The molecule has 1 N–H and O–H groups in total. The maximum absolute atomic E-state index is 14.6. The van der Waals surface area contributed by atoms with E-state index in [4.69, 9.17) is 4.98 Å². The highest BCUT2D eigenvalue weighted by Gasteiger charge is 2.19. The van der Waals surface area contributed by atoms with E-state index in [-0.39, 0.29) is 5.82 Å². The normalized spacial score (nSPS) is 19.9. The van der Waals surface area contributed by atoms with Crippen LogP contribution in [0, 0.1) is 5.82 Å². The number of aromatic nitrogens is 2. The predicted molar refractivity (Wildman–Crippen MR) is 119 cm³/mol. The van der Waals surface area contributed by atoms with E-state index in [0.717, 1.165) is 56.4 Å². The molecule has 1 aromatic carbocycles. The molecule has 0 radical (unpaired) electrons. The van der Waals surface area contributed by atoms with Crippen molar-refractivity contribution in [3.63, 3.8) is 0 Å². The van der Waals surface area contributed by atoms with E-state index < -0.39 is 0 Å². The number of nitrogens with one attached hydrogen (secondary N) is 1. The largest absolute Gasteiger partial charge is 0.354 e. The minimum absolute atomic E-state index is 0.266. The van der Waals surface area contributed by atoms with Gasteiger partial charge in [-0.15, -0.1) is 11.8 Å². The van der Waals surface area contributed by atoms with Crippen molar-refractivity contribution in [3.8, 4) is 11.3 Å². The SMILES string of the molecule is CC(C)N1CCCN(c2cncc(-c3cc(C=C4CNCS4)ccc3F)n2)CC1. The van der Waals surface area contributed by atoms with Crippen molar-refractivity contribution in [2.45, 2.75) is 26.3 Å². The number of halogens is 1. The fraction of sp³-hybridized carbons (Fsp3) is 0.455. The molecule has 0 unspecified atom stereocenters. The van der Waals surface area contributed by atoms with Gasteiger partial charge in [0.25, 0.3) is 0 Å². The lowest BCUT2D eigenvalue weighted by Gasteiger charge is -2.25. The van der Waals surface area contributed by atoms with Gasteiger partial charge in [-0.3, -0.25) is 9.88 Å². The lowest BCUT2D eigenvalue weighted by Crippen LogP contribution is -2.35. The molecular formula is C22H28FN5S. The van der Waals surface area contributed by atoms with Crippen molar-refractivity contribution in [1.82, 2.24) is 20.2 Å². The molecule has 0 spiro atoms. The maximum atomic E-state index is 14.6. The van der Waals surface area contributed by atoms with E-state index in [2.05, 4.69) is 40.0 Å². The molecule has 0 bridgehead atoms. The summed E-state index contributed by atoms with van der Waals surface area (Å²) in [6.45, 7) is 9.30. The molecule has 2 aliphatic rings. The van der Waals surface area contributed by atoms with Gasteiger partial charge >= 0.3 is 0 Å². The Morgan fingerprint density at radius 3 is 2.86 bits per heavy atom. The van der Waals surface area contributed by atoms with Crippen molar-refractivity contribution in [2.75, 3.05) is 43.5 Å². The molecule has 7 heteroatoms. The average molecular weight is 414 g/mol. The molecule has 2 saturated heterocycles. The highest BCUT2D eigenvalue weighted by atomic mass is 32.2. The third kappa shape index (κ3) is 4.97. The van der Waals surface area contributed by atoms with Gasteiger partial charge in [-0.2, -0.15) is 0 Å². The van der Waals surface area contributed by atoms with Crippen LogP contribution in [0.4, 0.5) is 10.2 Å². The van der Waals surface area contributed by atoms with Gasteiger partial charge in [0.2, 0.25) is 0 Å². The Hall–Kier alpha value is -1.96. The van der Waals surface area contributed by atoms with Gasteiger partial charge in [-0.25, -0.2) is 9.37 Å². The fourth-order valence-corrected chi connectivity index (χ4v) is 4.61. The Morgan fingerprint density at radius 2 is 2.07 bits per heavy atom. The number of benzene rings is 1. The van der Waals surface area contributed by atoms with E-state index in [9.17, 15) is 4.39 Å². The van der Waals surface area contributed by atoms with Crippen LogP contribution >= 0.6 is 11.8 Å². The summed E-state index contributed by atoms with van der Waals surface area (Å²) in [5, 5.41) is 3.30. The summed E-state index contributed by atoms with van der Waals surface area (Å²) < 4.78 is 14.6. The molecule has 0 aliphatic carbocycles. The van der Waals surface area contributed by atoms with Crippen LogP contribution in [0.1, 0.15) is 25.8 Å². The van der Waals surface area contributed by atoms with Gasteiger partial charge in [0.05, 0.1) is 18.1 Å². The Labute approximate surface area is 176 Å². The molecule has 4 rings (SSSR count). The van der Waals surface area contributed by atoms with Crippen LogP contribution < -0.4 is 10.2 Å². The van der Waals surface area contributed by atoms with Gasteiger partial charge in [0, 0.05) is 55.1 Å². The van der Waals surface area contributed by atoms with Gasteiger partial charge in [-0.1, -0.05) is 6.07 Å². The number of hydrogen-bond donors (Lipinski definition) is 1. The van der Waals surface area contributed by atoms with Crippen molar-refractivity contribution in [3.05, 3.63) is 46.9 Å². The third-order valence-electron chi connectivity index (χ3n) is 5.46. The van der Waals surface area contributed by atoms with Crippen molar-refractivity contribution < 1.29 is 4.39 Å². The van der Waals surface area contributed by atoms with Crippen LogP contribution in [0.3, 0.4) is 0 Å². The third-order valence-corrected chi connectivity index (χ3v) is 6.44. The lowest BCUT2D eigenvalue weighted by molar-refractivity contribution is 0.238. The van der Waals surface area contributed by atoms with Gasteiger partial charge in [-0.05, 0) is 44.0 Å². The Balaban J connectivity index is 1.58. The molecule has 2 aliphatic heterocycles. The zero-order valence-corrected chi connectivity index (χ0v) is 17.9. The first-order valence-corrected chi connectivity index (χ1v) is 11.2. The second-order valence-corrected chi connectivity index (χ2v) is 8.90. The molecule has 0 saturated carbocycles. The summed E-state index contributed by atoms with van der Waals surface area (Å²) in [5.41, 5.74) is 2.08. The monoisotopic (exact) mass is 413 g/mol. The quantitative estimate of drug-likeness (QED) is 0.822. The molecule has 0 amide bonds. The van der Waals surface area contributed by atoms with Crippen LogP contribution in [-0.2, 0) is 0 Å². The molecule has 154 valence electrons. The summed E-state index contributed by atoms with van der Waals surface area (Å²) in [6, 6.07) is 5.76. The van der Waals surface area contributed by atoms with Crippen LogP contribution in [0.25, 0.3) is 17.3 Å². The average Bonchev–Trinajstić information content (AvgIpc) is 3.10. The second-order valence-electron chi connectivity index (χ2n) is 7.80. The smallest absolute Gasteiger partial charge is 0.147 e. The lowest BCUT2D eigenvalue weighted by atomic mass is 10.1. The molecule has 3 heterocycles. The Morgan fingerprint density at radius 1 is 1.17 bits per heavy atom. The second kappa shape index (κ2) is 9.24. The highest BCUT2D eigenvalue weighted by Crippen LogP contribution is 2.27. The molecule has 2 fully saturated rings. The number of hydrogen-bond acceptors (Lipinski definition) is 6. The standard InChI is InChI=1S/C22H28FN5S/c1-16(2)27-6-3-7-28(9-8-27)22-14-24-13-21(26-22)19-11-17(4-5-20(19)23)10-18-12-25-15-29-18/h4-5,10-11,13-14,16,25H,3,6-9,12,15H2,1-2H3. The topological polar surface area (TPSA) is 44.3 Å². The summed E-state index contributed by atoms with van der Waals surface area (Å²) in [4.78, 5) is 15.2. The first-order chi connectivity index (χ1) is 14.1. The number of rotatable bonds is 4. The first-order valence-electron chi connectivity index (χ1n) is 10.3. The van der Waals surface area contributed by atoms with Crippen LogP contribution in [0.5, 0.6) is 0 Å². The number of nitrogens with zero attached hydrogens (tertiary/aromatic N) is 4. The van der Waals surface area contributed by atoms with Crippen LogP contribution in [0.2, 0.25) is 0 Å². The molecule has 0 atom stereocenters. The summed E-state index contributed by atoms with van der Waals surface area (Å²) in [5.74, 6) is 1.49. The molecular weight excluding hydrogens is 385 g/mol. The van der Waals surface area contributed by atoms with E-state index in [0.29, 0.717) is 17.3 Å². The van der Waals surface area contributed by atoms with Crippen molar-refractivity contribution in [1.29, 1.82) is 0 Å². The van der Waals surface area contributed by atoms with Gasteiger partial charge in [0.1, 0.15) is 11.6 Å². The predicted octanol–water partition coefficient (Wildman–Crippen LogP) is 3.84. The van der Waals surface area contributed by atoms with E-state index in [1.807, 2.05) is 12.1 Å². The highest BCUT2D eigenvalue weighted by molar-refractivity contribution is 8.03. The molecule has 5 nitrogen and oxygen atoms in total.